The Morgan fingerprint density at radius 2 is 2.19 bits per heavy atom. The number of carbonyl (C=O) groups excluding carboxylic acids is 1. The van der Waals surface area contributed by atoms with Crippen LogP contribution >= 0.6 is 27.3 Å². The zero-order valence-electron chi connectivity index (χ0n) is 8.24. The van der Waals surface area contributed by atoms with Crippen molar-refractivity contribution in [1.29, 1.82) is 0 Å². The van der Waals surface area contributed by atoms with Gasteiger partial charge in [-0.15, -0.1) is 11.3 Å². The van der Waals surface area contributed by atoms with Gasteiger partial charge in [0.15, 0.2) is 5.78 Å². The summed E-state index contributed by atoms with van der Waals surface area (Å²) in [7, 11) is 0. The number of halogens is 2. The maximum atomic E-state index is 13.1. The van der Waals surface area contributed by atoms with Crippen molar-refractivity contribution in [2.24, 2.45) is 0 Å². The lowest BCUT2D eigenvalue weighted by Gasteiger charge is -2.01. The maximum Gasteiger partial charge on any atom is 0.177 e. The minimum absolute atomic E-state index is 0.0208. The Labute approximate surface area is 105 Å². The number of Topliss-reactive ketones (excluding diaryl/α,β-unsaturated/α-hetero) is 1. The fraction of sp³-hybridized carbons (Fsp3) is 0.0833. The molecule has 0 saturated heterocycles. The van der Waals surface area contributed by atoms with Crippen LogP contribution in [0.2, 0.25) is 0 Å². The Morgan fingerprint density at radius 3 is 2.81 bits per heavy atom. The van der Waals surface area contributed by atoms with Crippen LogP contribution in [0, 0.1) is 5.82 Å². The lowest BCUT2D eigenvalue weighted by molar-refractivity contribution is 0.0997. The lowest BCUT2D eigenvalue weighted by atomic mass is 10.1. The van der Waals surface area contributed by atoms with E-state index >= 15 is 0 Å². The Kier molecular flexibility index (Phi) is 3.51. The van der Waals surface area contributed by atoms with Gasteiger partial charge < -0.3 is 0 Å². The molecule has 0 bridgehead atoms. The van der Waals surface area contributed by atoms with E-state index in [4.69, 9.17) is 0 Å². The molecule has 0 fully saturated rings. The number of hydrogen-bond donors (Lipinski definition) is 0. The molecule has 1 aromatic heterocycles. The monoisotopic (exact) mass is 298 g/mol. The van der Waals surface area contributed by atoms with Crippen LogP contribution in [0.25, 0.3) is 0 Å². The van der Waals surface area contributed by atoms with Crippen molar-refractivity contribution in [3.8, 4) is 0 Å². The topological polar surface area (TPSA) is 17.1 Å². The van der Waals surface area contributed by atoms with Crippen LogP contribution in [0.3, 0.4) is 0 Å². The van der Waals surface area contributed by atoms with Gasteiger partial charge in [-0.25, -0.2) is 4.39 Å². The summed E-state index contributed by atoms with van der Waals surface area (Å²) in [6.45, 7) is 0. The second-order valence-electron chi connectivity index (χ2n) is 3.35. The second kappa shape index (κ2) is 4.89. The quantitative estimate of drug-likeness (QED) is 0.781. The highest BCUT2D eigenvalue weighted by Crippen LogP contribution is 2.18. The first-order chi connectivity index (χ1) is 7.65. The van der Waals surface area contributed by atoms with Crippen LogP contribution in [0.1, 0.15) is 15.2 Å². The Bertz CT molecular complexity index is 487. The third-order valence-electron chi connectivity index (χ3n) is 2.08. The zero-order valence-corrected chi connectivity index (χ0v) is 10.6. The fourth-order valence-electron chi connectivity index (χ4n) is 1.42. The van der Waals surface area contributed by atoms with E-state index in [0.717, 1.165) is 0 Å². The van der Waals surface area contributed by atoms with Gasteiger partial charge in [0.05, 0.1) is 4.88 Å². The van der Waals surface area contributed by atoms with E-state index in [1.54, 1.807) is 12.1 Å². The van der Waals surface area contributed by atoms with Gasteiger partial charge >= 0.3 is 0 Å². The molecule has 1 heterocycles. The van der Waals surface area contributed by atoms with Gasteiger partial charge in [0, 0.05) is 10.9 Å². The number of carbonyl (C=O) groups is 1. The van der Waals surface area contributed by atoms with Gasteiger partial charge in [0.2, 0.25) is 0 Å². The molecule has 1 aromatic carbocycles. The van der Waals surface area contributed by atoms with Crippen molar-refractivity contribution in [2.45, 2.75) is 6.42 Å². The number of thiophene rings is 1. The van der Waals surface area contributed by atoms with Gasteiger partial charge in [-0.3, -0.25) is 4.79 Å². The van der Waals surface area contributed by atoms with Crippen molar-refractivity contribution >= 4 is 33.0 Å². The first kappa shape index (κ1) is 11.5. The molecule has 0 aliphatic heterocycles. The van der Waals surface area contributed by atoms with Crippen LogP contribution in [0.4, 0.5) is 4.39 Å². The summed E-state index contributed by atoms with van der Waals surface area (Å²) in [5.41, 5.74) is 0.685. The molecule has 16 heavy (non-hydrogen) atoms. The van der Waals surface area contributed by atoms with E-state index in [2.05, 4.69) is 15.9 Å². The van der Waals surface area contributed by atoms with Crippen LogP contribution in [-0.2, 0) is 6.42 Å². The molecule has 2 rings (SSSR count). The molecule has 0 radical (unpaired) electrons. The van der Waals surface area contributed by atoms with Gasteiger partial charge in [-0.05, 0) is 35.2 Å². The molecule has 0 spiro atoms. The summed E-state index contributed by atoms with van der Waals surface area (Å²) in [5, 5.41) is 1.86. The van der Waals surface area contributed by atoms with E-state index in [9.17, 15) is 9.18 Å². The molecule has 0 saturated carbocycles. The van der Waals surface area contributed by atoms with E-state index in [1.165, 1.54) is 23.5 Å². The minimum Gasteiger partial charge on any atom is -0.293 e. The van der Waals surface area contributed by atoms with E-state index in [-0.39, 0.29) is 18.0 Å². The molecular formula is C12H8BrFOS. The predicted octanol–water partition coefficient (Wildman–Crippen LogP) is 4.08. The largest absolute Gasteiger partial charge is 0.293 e. The van der Waals surface area contributed by atoms with Gasteiger partial charge in [0.25, 0.3) is 0 Å². The summed E-state index contributed by atoms with van der Waals surface area (Å²) in [6.07, 6.45) is 0.233. The molecule has 0 aliphatic carbocycles. The highest BCUT2D eigenvalue weighted by molar-refractivity contribution is 9.10. The summed E-state index contributed by atoms with van der Waals surface area (Å²) in [4.78, 5) is 12.5. The fourth-order valence-corrected chi connectivity index (χ4v) is 2.60. The molecule has 0 amide bonds. The Hall–Kier alpha value is -1.00. The normalized spacial score (nSPS) is 10.4. The highest BCUT2D eigenvalue weighted by atomic mass is 79.9. The van der Waals surface area contributed by atoms with Crippen LogP contribution in [0.5, 0.6) is 0 Å². The van der Waals surface area contributed by atoms with Crippen molar-refractivity contribution in [3.05, 3.63) is 56.4 Å². The first-order valence-corrected chi connectivity index (χ1v) is 6.34. The molecule has 0 N–H and O–H groups in total. The van der Waals surface area contributed by atoms with Gasteiger partial charge in [-0.1, -0.05) is 22.0 Å². The van der Waals surface area contributed by atoms with Crippen molar-refractivity contribution in [3.63, 3.8) is 0 Å². The zero-order chi connectivity index (χ0) is 11.5. The third-order valence-corrected chi connectivity index (χ3v) is 3.45. The molecule has 1 nitrogen and oxygen atoms in total. The molecule has 0 atom stereocenters. The second-order valence-corrected chi connectivity index (χ2v) is 5.22. The van der Waals surface area contributed by atoms with Gasteiger partial charge in [-0.2, -0.15) is 0 Å². The maximum absolute atomic E-state index is 13.1. The molecular weight excluding hydrogens is 291 g/mol. The Balaban J connectivity index is 2.18. The average Bonchev–Trinajstić information content (AvgIpc) is 2.68. The van der Waals surface area contributed by atoms with Crippen LogP contribution in [0.15, 0.2) is 40.2 Å². The van der Waals surface area contributed by atoms with Crippen LogP contribution in [-0.4, -0.2) is 5.78 Å². The standard InChI is InChI=1S/C12H8BrFOS/c13-9-4-8(5-10(14)7-9)6-11(15)12-2-1-3-16-12/h1-5,7H,6H2. The molecule has 0 aliphatic rings. The lowest BCUT2D eigenvalue weighted by Crippen LogP contribution is -2.01. The summed E-state index contributed by atoms with van der Waals surface area (Å²) in [6, 6.07) is 8.13. The minimum atomic E-state index is -0.330. The number of ketones is 1. The van der Waals surface area contributed by atoms with E-state index < -0.39 is 0 Å². The first-order valence-electron chi connectivity index (χ1n) is 4.67. The van der Waals surface area contributed by atoms with E-state index in [1.807, 2.05) is 11.4 Å². The van der Waals surface area contributed by atoms with Crippen molar-refractivity contribution < 1.29 is 9.18 Å². The van der Waals surface area contributed by atoms with Crippen LogP contribution < -0.4 is 0 Å². The van der Waals surface area contributed by atoms with Crippen molar-refractivity contribution in [1.82, 2.24) is 0 Å². The third kappa shape index (κ3) is 2.77. The summed E-state index contributed by atoms with van der Waals surface area (Å²) in [5.74, 6) is -0.309. The highest BCUT2D eigenvalue weighted by Gasteiger charge is 2.09. The predicted molar refractivity (Wildman–Crippen MR) is 66.5 cm³/mol. The van der Waals surface area contributed by atoms with Gasteiger partial charge in [0.1, 0.15) is 5.82 Å². The molecule has 82 valence electrons. The molecule has 2 aromatic rings. The molecule has 0 unspecified atom stereocenters. The Morgan fingerprint density at radius 1 is 1.38 bits per heavy atom. The van der Waals surface area contributed by atoms with Crippen molar-refractivity contribution in [2.75, 3.05) is 0 Å². The number of benzene rings is 1. The average molecular weight is 299 g/mol. The number of hydrogen-bond acceptors (Lipinski definition) is 2. The van der Waals surface area contributed by atoms with E-state index in [0.29, 0.717) is 14.9 Å². The smallest absolute Gasteiger partial charge is 0.177 e. The number of rotatable bonds is 3. The molecule has 4 heteroatoms. The SMILES string of the molecule is O=C(Cc1cc(F)cc(Br)c1)c1cccs1. The summed E-state index contributed by atoms with van der Waals surface area (Å²) >= 11 is 4.61. The summed E-state index contributed by atoms with van der Waals surface area (Å²) < 4.78 is 13.7.